The molecule has 2 atom stereocenters. The lowest BCUT2D eigenvalue weighted by Crippen LogP contribution is -2.48. The molecule has 6 heteroatoms. The number of methoxy groups -OCH3 is 1. The molecule has 6 nitrogen and oxygen atoms in total. The molecule has 26 heavy (non-hydrogen) atoms. The molecule has 4 heterocycles. The van der Waals surface area contributed by atoms with Crippen molar-refractivity contribution in [2.24, 2.45) is 5.92 Å². The third kappa shape index (κ3) is 2.79. The van der Waals surface area contributed by atoms with Gasteiger partial charge >= 0.3 is 0 Å². The van der Waals surface area contributed by atoms with Crippen LogP contribution in [0.15, 0.2) is 29.2 Å². The SMILES string of the molecule is COc1cc(C)c(-c2cc3n(c(=O)c2)C[C@H]2C[C@@H]3CN(C(C)=O)C2)cn1. The predicted octanol–water partition coefficient (Wildman–Crippen LogP) is 2.19. The zero-order chi connectivity index (χ0) is 18.4. The molecular formula is C20H23N3O3. The second-order valence-corrected chi connectivity index (χ2v) is 7.38. The Morgan fingerprint density at radius 3 is 2.73 bits per heavy atom. The van der Waals surface area contributed by atoms with Gasteiger partial charge in [0.1, 0.15) is 0 Å². The molecule has 0 spiro atoms. The van der Waals surface area contributed by atoms with Crippen LogP contribution in [-0.2, 0) is 11.3 Å². The average Bonchev–Trinajstić information content (AvgIpc) is 2.62. The van der Waals surface area contributed by atoms with Crippen LogP contribution in [0.25, 0.3) is 11.1 Å². The van der Waals surface area contributed by atoms with Crippen molar-refractivity contribution >= 4 is 5.91 Å². The largest absolute Gasteiger partial charge is 0.481 e. The van der Waals surface area contributed by atoms with Crippen LogP contribution in [0.4, 0.5) is 0 Å². The lowest BCUT2D eigenvalue weighted by atomic mass is 9.82. The molecule has 2 aliphatic heterocycles. The molecule has 1 fully saturated rings. The monoisotopic (exact) mass is 353 g/mol. The molecular weight excluding hydrogens is 330 g/mol. The summed E-state index contributed by atoms with van der Waals surface area (Å²) in [5.41, 5.74) is 3.90. The Bertz CT molecular complexity index is 934. The van der Waals surface area contributed by atoms with Gasteiger partial charge in [0.25, 0.3) is 5.56 Å². The fraction of sp³-hybridized carbons (Fsp3) is 0.450. The van der Waals surface area contributed by atoms with Crippen LogP contribution in [0.1, 0.15) is 30.5 Å². The first-order valence-electron chi connectivity index (χ1n) is 8.97. The molecule has 2 bridgehead atoms. The zero-order valence-electron chi connectivity index (χ0n) is 15.4. The highest BCUT2D eigenvalue weighted by Gasteiger charge is 2.35. The minimum absolute atomic E-state index is 0.0266. The lowest BCUT2D eigenvalue weighted by molar-refractivity contribution is -0.131. The number of fused-ring (bicyclic) bond motifs is 4. The number of carbonyl (C=O) groups excluding carboxylic acids is 1. The Morgan fingerprint density at radius 2 is 2.04 bits per heavy atom. The summed E-state index contributed by atoms with van der Waals surface area (Å²) in [5, 5.41) is 0. The normalized spacial score (nSPS) is 21.3. The van der Waals surface area contributed by atoms with Crippen LogP contribution in [0.5, 0.6) is 5.88 Å². The van der Waals surface area contributed by atoms with Crippen molar-refractivity contribution < 1.29 is 9.53 Å². The van der Waals surface area contributed by atoms with E-state index in [9.17, 15) is 9.59 Å². The number of hydrogen-bond acceptors (Lipinski definition) is 4. The number of likely N-dealkylation sites (tertiary alicyclic amines) is 1. The topological polar surface area (TPSA) is 64.4 Å². The molecule has 0 saturated carbocycles. The first kappa shape index (κ1) is 16.8. The summed E-state index contributed by atoms with van der Waals surface area (Å²) < 4.78 is 7.07. The van der Waals surface area contributed by atoms with Crippen molar-refractivity contribution in [2.75, 3.05) is 20.2 Å². The Hall–Kier alpha value is -2.63. The summed E-state index contributed by atoms with van der Waals surface area (Å²) in [7, 11) is 1.59. The van der Waals surface area contributed by atoms with E-state index in [0.29, 0.717) is 24.9 Å². The highest BCUT2D eigenvalue weighted by atomic mass is 16.5. The quantitative estimate of drug-likeness (QED) is 0.830. The maximum absolute atomic E-state index is 12.8. The number of rotatable bonds is 2. The van der Waals surface area contributed by atoms with E-state index in [-0.39, 0.29) is 17.4 Å². The molecule has 0 N–H and O–H groups in total. The summed E-state index contributed by atoms with van der Waals surface area (Å²) in [6.07, 6.45) is 2.79. The number of aromatic nitrogens is 2. The van der Waals surface area contributed by atoms with E-state index >= 15 is 0 Å². The van der Waals surface area contributed by atoms with E-state index < -0.39 is 0 Å². The van der Waals surface area contributed by atoms with Gasteiger partial charge < -0.3 is 14.2 Å². The third-order valence-electron chi connectivity index (χ3n) is 5.61. The highest BCUT2D eigenvalue weighted by molar-refractivity contribution is 5.73. The van der Waals surface area contributed by atoms with Gasteiger partial charge in [0.05, 0.1) is 7.11 Å². The number of hydrogen-bond donors (Lipinski definition) is 0. The van der Waals surface area contributed by atoms with E-state index in [1.165, 1.54) is 0 Å². The molecule has 2 aliphatic rings. The van der Waals surface area contributed by atoms with Crippen LogP contribution < -0.4 is 10.3 Å². The summed E-state index contributed by atoms with van der Waals surface area (Å²) in [6, 6.07) is 5.67. The Balaban J connectivity index is 1.78. The van der Waals surface area contributed by atoms with Gasteiger partial charge in [-0.1, -0.05) is 0 Å². The summed E-state index contributed by atoms with van der Waals surface area (Å²) in [5.74, 6) is 1.25. The molecule has 2 aromatic heterocycles. The minimum atomic E-state index is 0.0266. The highest BCUT2D eigenvalue weighted by Crippen LogP contribution is 2.37. The van der Waals surface area contributed by atoms with Crippen molar-refractivity contribution in [3.05, 3.63) is 46.0 Å². The first-order valence-corrected chi connectivity index (χ1v) is 8.97. The number of carbonyl (C=O) groups is 1. The van der Waals surface area contributed by atoms with Gasteiger partial charge in [-0.05, 0) is 36.5 Å². The Labute approximate surface area is 152 Å². The van der Waals surface area contributed by atoms with Crippen LogP contribution in [-0.4, -0.2) is 40.6 Å². The molecule has 2 aromatic rings. The van der Waals surface area contributed by atoms with E-state index in [1.807, 2.05) is 22.5 Å². The Kier molecular flexibility index (Phi) is 4.05. The van der Waals surface area contributed by atoms with Crippen molar-refractivity contribution in [2.45, 2.75) is 32.7 Å². The van der Waals surface area contributed by atoms with Gasteiger partial charge in [-0.15, -0.1) is 0 Å². The first-order chi connectivity index (χ1) is 12.5. The average molecular weight is 353 g/mol. The fourth-order valence-corrected chi connectivity index (χ4v) is 4.32. The number of piperidine rings is 1. The maximum Gasteiger partial charge on any atom is 0.251 e. The molecule has 1 amide bonds. The number of amides is 1. The second kappa shape index (κ2) is 6.27. The molecule has 1 saturated heterocycles. The molecule has 0 aliphatic carbocycles. The van der Waals surface area contributed by atoms with Gasteiger partial charge in [0, 0.05) is 62.1 Å². The minimum Gasteiger partial charge on any atom is -0.481 e. The molecule has 4 rings (SSSR count). The summed E-state index contributed by atoms with van der Waals surface area (Å²) >= 11 is 0. The number of aryl methyl sites for hydroxylation is 1. The molecule has 0 aromatic carbocycles. The van der Waals surface area contributed by atoms with Crippen molar-refractivity contribution in [3.63, 3.8) is 0 Å². The van der Waals surface area contributed by atoms with Gasteiger partial charge in [-0.3, -0.25) is 9.59 Å². The van der Waals surface area contributed by atoms with Crippen LogP contribution in [0.2, 0.25) is 0 Å². The van der Waals surface area contributed by atoms with Gasteiger partial charge in [0.15, 0.2) is 0 Å². The zero-order valence-corrected chi connectivity index (χ0v) is 15.4. The third-order valence-corrected chi connectivity index (χ3v) is 5.61. The predicted molar refractivity (Wildman–Crippen MR) is 98.3 cm³/mol. The van der Waals surface area contributed by atoms with Crippen molar-refractivity contribution in [3.8, 4) is 17.0 Å². The van der Waals surface area contributed by atoms with Crippen molar-refractivity contribution in [1.29, 1.82) is 0 Å². The van der Waals surface area contributed by atoms with Crippen LogP contribution in [0, 0.1) is 12.8 Å². The van der Waals surface area contributed by atoms with E-state index in [4.69, 9.17) is 4.74 Å². The summed E-state index contributed by atoms with van der Waals surface area (Å²) in [4.78, 5) is 30.8. The fourth-order valence-electron chi connectivity index (χ4n) is 4.32. The second-order valence-electron chi connectivity index (χ2n) is 7.38. The van der Waals surface area contributed by atoms with Gasteiger partial charge in [-0.25, -0.2) is 4.98 Å². The smallest absolute Gasteiger partial charge is 0.251 e. The molecule has 0 radical (unpaired) electrons. The van der Waals surface area contributed by atoms with Crippen molar-refractivity contribution in [1.82, 2.24) is 14.5 Å². The lowest BCUT2D eigenvalue weighted by Gasteiger charge is -2.42. The van der Waals surface area contributed by atoms with Gasteiger partial charge in [-0.2, -0.15) is 0 Å². The van der Waals surface area contributed by atoms with Crippen LogP contribution >= 0.6 is 0 Å². The number of pyridine rings is 2. The van der Waals surface area contributed by atoms with Crippen LogP contribution in [0.3, 0.4) is 0 Å². The van der Waals surface area contributed by atoms with E-state index in [0.717, 1.165) is 35.3 Å². The Morgan fingerprint density at radius 1 is 1.23 bits per heavy atom. The van der Waals surface area contributed by atoms with E-state index in [2.05, 4.69) is 11.1 Å². The standard InChI is InChI=1S/C20H23N3O3/c1-12-4-19(26-3)21-8-17(12)15-6-18-16-5-14(9-22(11-16)13(2)24)10-23(18)20(25)7-15/h4,6-8,14,16H,5,9-11H2,1-3H3/t14-,16+/m0/s1. The van der Waals surface area contributed by atoms with Gasteiger partial charge in [0.2, 0.25) is 11.8 Å². The summed E-state index contributed by atoms with van der Waals surface area (Å²) in [6.45, 7) is 5.74. The number of ether oxygens (including phenoxy) is 1. The van der Waals surface area contributed by atoms with E-state index in [1.54, 1.807) is 26.3 Å². The number of nitrogens with zero attached hydrogens (tertiary/aromatic N) is 3. The molecule has 0 unspecified atom stereocenters. The molecule has 136 valence electrons. The maximum atomic E-state index is 12.8.